The van der Waals surface area contributed by atoms with Gasteiger partial charge in [-0.05, 0) is 25.7 Å². The van der Waals surface area contributed by atoms with Crippen LogP contribution in [0.1, 0.15) is 25.7 Å². The predicted molar refractivity (Wildman–Crippen MR) is 86.6 cm³/mol. The van der Waals surface area contributed by atoms with Crippen LogP contribution in [0.25, 0.3) is 0 Å². The zero-order valence-electron chi connectivity index (χ0n) is 13.2. The van der Waals surface area contributed by atoms with Crippen molar-refractivity contribution in [2.24, 2.45) is 0 Å². The summed E-state index contributed by atoms with van der Waals surface area (Å²) in [5, 5.41) is 2.36. The smallest absolute Gasteiger partial charge is 0.232 e. The minimum absolute atomic E-state index is 0.881. The molecule has 3 saturated heterocycles. The molecule has 3 fully saturated rings. The molecule has 3 aliphatic rings. The lowest BCUT2D eigenvalue weighted by Gasteiger charge is -2.27. The second-order valence-electron chi connectivity index (χ2n) is 6.48. The van der Waals surface area contributed by atoms with Gasteiger partial charge in [0.05, 0.1) is 26.2 Å². The summed E-state index contributed by atoms with van der Waals surface area (Å²) in [6, 6.07) is 0. The molecule has 0 bridgehead atoms. The van der Waals surface area contributed by atoms with E-state index in [1.54, 1.807) is 0 Å². The van der Waals surface area contributed by atoms with Gasteiger partial charge in [-0.2, -0.15) is 15.0 Å². The molecule has 0 amide bonds. The van der Waals surface area contributed by atoms with Gasteiger partial charge in [0.15, 0.2) is 0 Å². The van der Waals surface area contributed by atoms with Crippen molar-refractivity contribution in [3.05, 3.63) is 0 Å². The van der Waals surface area contributed by atoms with E-state index in [9.17, 15) is 0 Å². The molecule has 0 saturated carbocycles. The zero-order valence-corrected chi connectivity index (χ0v) is 13.2. The summed E-state index contributed by atoms with van der Waals surface area (Å²) < 4.78 is 0. The van der Waals surface area contributed by atoms with Crippen molar-refractivity contribution in [1.82, 2.24) is 15.0 Å². The number of hydrogen-bond acceptors (Lipinski definition) is 6. The lowest BCUT2D eigenvalue weighted by atomic mass is 10.4. The molecule has 1 aromatic rings. The number of rotatable bonds is 3. The fraction of sp³-hybridized carbons (Fsp3) is 0.800. The zero-order chi connectivity index (χ0) is 14.8. The summed E-state index contributed by atoms with van der Waals surface area (Å²) >= 11 is 0. The fourth-order valence-electron chi connectivity index (χ4n) is 3.55. The molecule has 7 nitrogen and oxygen atoms in total. The van der Waals surface area contributed by atoms with E-state index < -0.39 is 0 Å². The summed E-state index contributed by atoms with van der Waals surface area (Å²) in [6.07, 6.45) is 4.99. The van der Waals surface area contributed by atoms with Crippen molar-refractivity contribution in [2.75, 3.05) is 67.1 Å². The minimum atomic E-state index is 0.881. The van der Waals surface area contributed by atoms with Gasteiger partial charge in [0.25, 0.3) is 0 Å². The van der Waals surface area contributed by atoms with Gasteiger partial charge in [0.2, 0.25) is 17.8 Å². The molecule has 2 N–H and O–H groups in total. The molecule has 0 spiro atoms. The quantitative estimate of drug-likeness (QED) is 0.809. The van der Waals surface area contributed by atoms with Gasteiger partial charge < -0.3 is 20.0 Å². The van der Waals surface area contributed by atoms with Crippen LogP contribution in [0.2, 0.25) is 0 Å². The molecular weight excluding hydrogens is 278 g/mol. The highest BCUT2D eigenvalue weighted by atomic mass is 15.4. The highest BCUT2D eigenvalue weighted by molar-refractivity contribution is 5.47. The van der Waals surface area contributed by atoms with Crippen molar-refractivity contribution in [1.29, 1.82) is 0 Å². The van der Waals surface area contributed by atoms with Crippen LogP contribution in [0.3, 0.4) is 0 Å². The summed E-state index contributed by atoms with van der Waals surface area (Å²) in [6.45, 7) is 8.64. The molecule has 22 heavy (non-hydrogen) atoms. The van der Waals surface area contributed by atoms with E-state index in [0.717, 1.165) is 70.2 Å². The van der Waals surface area contributed by atoms with Crippen molar-refractivity contribution in [3.63, 3.8) is 0 Å². The largest absolute Gasteiger partial charge is 0.343 e. The molecule has 3 aliphatic heterocycles. The molecule has 1 aromatic heterocycles. The van der Waals surface area contributed by atoms with Gasteiger partial charge in [-0.3, -0.25) is 0 Å². The molecule has 120 valence electrons. The molecule has 0 atom stereocenters. The van der Waals surface area contributed by atoms with E-state index in [-0.39, 0.29) is 0 Å². The van der Waals surface area contributed by atoms with Crippen LogP contribution in [0.15, 0.2) is 0 Å². The van der Waals surface area contributed by atoms with Crippen LogP contribution in [0.5, 0.6) is 0 Å². The molecule has 4 heterocycles. The highest BCUT2D eigenvalue weighted by Gasteiger charge is 2.24. The maximum absolute atomic E-state index is 4.80. The van der Waals surface area contributed by atoms with E-state index in [1.165, 1.54) is 25.7 Å². The Morgan fingerprint density at radius 1 is 0.545 bits per heavy atom. The Balaban J connectivity index is 1.65. The third-order valence-corrected chi connectivity index (χ3v) is 4.87. The summed E-state index contributed by atoms with van der Waals surface area (Å²) in [7, 11) is 0. The van der Waals surface area contributed by atoms with Crippen LogP contribution in [-0.2, 0) is 0 Å². The Kier molecular flexibility index (Phi) is 3.97. The van der Waals surface area contributed by atoms with Crippen LogP contribution in [-0.4, -0.2) is 67.3 Å². The number of hydrogen-bond donors (Lipinski definition) is 1. The average molecular weight is 304 g/mol. The fourth-order valence-corrected chi connectivity index (χ4v) is 3.55. The first-order valence-corrected chi connectivity index (χ1v) is 8.73. The Morgan fingerprint density at radius 2 is 0.909 bits per heavy atom. The first-order valence-electron chi connectivity index (χ1n) is 8.73. The lowest BCUT2D eigenvalue weighted by Crippen LogP contribution is -2.89. The van der Waals surface area contributed by atoms with E-state index >= 15 is 0 Å². The highest BCUT2D eigenvalue weighted by Crippen LogP contribution is 2.24. The van der Waals surface area contributed by atoms with Gasteiger partial charge >= 0.3 is 0 Å². The van der Waals surface area contributed by atoms with Gasteiger partial charge in [-0.1, -0.05) is 0 Å². The minimum Gasteiger partial charge on any atom is -0.343 e. The Morgan fingerprint density at radius 3 is 1.32 bits per heavy atom. The molecule has 4 rings (SSSR count). The Labute approximate surface area is 131 Å². The third kappa shape index (κ3) is 2.82. The van der Waals surface area contributed by atoms with Gasteiger partial charge in [-0.25, -0.2) is 0 Å². The number of nitrogens with two attached hydrogens (primary N) is 1. The van der Waals surface area contributed by atoms with Crippen LogP contribution >= 0.6 is 0 Å². The van der Waals surface area contributed by atoms with Gasteiger partial charge in [0, 0.05) is 26.2 Å². The maximum Gasteiger partial charge on any atom is 0.232 e. The molecule has 0 radical (unpaired) electrons. The Bertz CT molecular complexity index is 468. The van der Waals surface area contributed by atoms with Crippen LogP contribution in [0, 0.1) is 0 Å². The number of anilines is 3. The summed E-state index contributed by atoms with van der Waals surface area (Å²) in [5.74, 6) is 2.66. The average Bonchev–Trinajstić information content (AvgIpc) is 3.29. The predicted octanol–water partition coefficient (Wildman–Crippen LogP) is -0.545. The van der Waals surface area contributed by atoms with Gasteiger partial charge in [-0.15, -0.1) is 0 Å². The molecule has 0 unspecified atom stereocenters. The standard InChI is InChI=1S/C15H25N7/c1-2-8-20(7-1)13-17-14(21-9-3-4-10-21)19-15(18-13)22-11-5-16-6-12-22/h16H,1-12H2/p+1. The monoisotopic (exact) mass is 304 g/mol. The number of nitrogens with zero attached hydrogens (tertiary/aromatic N) is 6. The second kappa shape index (κ2) is 6.24. The second-order valence-corrected chi connectivity index (χ2v) is 6.48. The van der Waals surface area contributed by atoms with Gasteiger partial charge in [0.1, 0.15) is 0 Å². The number of piperazine rings is 1. The Hall–Kier alpha value is -1.63. The van der Waals surface area contributed by atoms with E-state index in [0.29, 0.717) is 0 Å². The van der Waals surface area contributed by atoms with E-state index in [1.807, 2.05) is 0 Å². The van der Waals surface area contributed by atoms with E-state index in [2.05, 4.69) is 20.0 Å². The summed E-state index contributed by atoms with van der Waals surface area (Å²) in [5.41, 5.74) is 0. The lowest BCUT2D eigenvalue weighted by molar-refractivity contribution is -0.655. The first kappa shape index (κ1) is 14.0. The molecule has 7 heteroatoms. The first-order chi connectivity index (χ1) is 10.9. The van der Waals surface area contributed by atoms with E-state index in [4.69, 9.17) is 15.0 Å². The van der Waals surface area contributed by atoms with Crippen LogP contribution in [0.4, 0.5) is 17.8 Å². The van der Waals surface area contributed by atoms with Crippen molar-refractivity contribution < 1.29 is 5.32 Å². The third-order valence-electron chi connectivity index (χ3n) is 4.87. The topological polar surface area (TPSA) is 65.0 Å². The van der Waals surface area contributed by atoms with Crippen molar-refractivity contribution in [3.8, 4) is 0 Å². The molecule has 0 aromatic carbocycles. The van der Waals surface area contributed by atoms with Crippen molar-refractivity contribution >= 4 is 17.8 Å². The normalized spacial score (nSPS) is 22.6. The SMILES string of the molecule is C1CCN(c2nc(N3CCCC3)nc(N3CC[NH2+]CC3)n2)C1. The number of quaternary nitrogens is 1. The van der Waals surface area contributed by atoms with Crippen molar-refractivity contribution in [2.45, 2.75) is 25.7 Å². The maximum atomic E-state index is 4.80. The summed E-state index contributed by atoms with van der Waals surface area (Å²) in [4.78, 5) is 21.3. The number of aromatic nitrogens is 3. The van der Waals surface area contributed by atoms with Crippen LogP contribution < -0.4 is 20.0 Å². The molecular formula is C15H26N7+. The molecule has 0 aliphatic carbocycles.